The molecule has 1 saturated carbocycles. The third kappa shape index (κ3) is 7.95. The lowest BCUT2D eigenvalue weighted by Crippen LogP contribution is -2.39. The topological polar surface area (TPSA) is 58.6 Å². The number of hydrogen-bond acceptors (Lipinski definition) is 3. The summed E-state index contributed by atoms with van der Waals surface area (Å²) in [6.07, 6.45) is 10.2. The van der Waals surface area contributed by atoms with Crippen LogP contribution in [0, 0.1) is 11.8 Å². The third-order valence-electron chi connectivity index (χ3n) is 4.30. The maximum Gasteiger partial charge on any atom is 0.220 e. The molecule has 0 heterocycles. The van der Waals surface area contributed by atoms with E-state index >= 15 is 0 Å². The quantitative estimate of drug-likeness (QED) is 0.508. The zero-order valence-electron chi connectivity index (χ0n) is 14.4. The van der Waals surface area contributed by atoms with E-state index in [0.29, 0.717) is 24.8 Å². The molecule has 0 bridgehead atoms. The normalized spacial score (nSPS) is 25.8. The SMILES string of the molecule is CO[C@@H]1CC(CNC(=O)CCCC/C=C/C(C)C)CCC1O. The highest BCUT2D eigenvalue weighted by molar-refractivity contribution is 5.75. The van der Waals surface area contributed by atoms with Crippen LogP contribution in [0.15, 0.2) is 12.2 Å². The minimum absolute atomic E-state index is 0.0802. The van der Waals surface area contributed by atoms with E-state index in [4.69, 9.17) is 4.74 Å². The molecule has 0 aliphatic heterocycles. The maximum atomic E-state index is 11.8. The van der Waals surface area contributed by atoms with Crippen molar-refractivity contribution in [2.75, 3.05) is 13.7 Å². The Bertz CT molecular complexity index is 341. The van der Waals surface area contributed by atoms with E-state index in [9.17, 15) is 9.90 Å². The standard InChI is InChI=1S/C18H33NO3/c1-14(2)8-6-4-5-7-9-18(21)19-13-15-10-11-16(20)17(12-15)22-3/h6,8,14-17,20H,4-5,7,9-13H2,1-3H3,(H,19,21)/b8-6+/t15?,16?,17-/m1/s1. The van der Waals surface area contributed by atoms with E-state index in [1.807, 2.05) is 0 Å². The molecular weight excluding hydrogens is 278 g/mol. The van der Waals surface area contributed by atoms with Crippen LogP contribution >= 0.6 is 0 Å². The Morgan fingerprint density at radius 3 is 2.82 bits per heavy atom. The summed E-state index contributed by atoms with van der Waals surface area (Å²) < 4.78 is 5.29. The predicted octanol–water partition coefficient (Wildman–Crippen LogP) is 3.05. The van der Waals surface area contributed by atoms with Crippen LogP contribution < -0.4 is 5.32 Å². The number of amides is 1. The second-order valence-corrected chi connectivity index (χ2v) is 6.74. The van der Waals surface area contributed by atoms with Crippen LogP contribution in [0.25, 0.3) is 0 Å². The molecular formula is C18H33NO3. The van der Waals surface area contributed by atoms with Gasteiger partial charge in [0.15, 0.2) is 0 Å². The molecule has 0 aromatic heterocycles. The summed E-state index contributed by atoms with van der Waals surface area (Å²) in [4.78, 5) is 11.8. The second-order valence-electron chi connectivity index (χ2n) is 6.74. The number of hydrogen-bond donors (Lipinski definition) is 2. The van der Waals surface area contributed by atoms with Gasteiger partial charge in [-0.1, -0.05) is 26.0 Å². The first-order chi connectivity index (χ1) is 10.5. The molecule has 22 heavy (non-hydrogen) atoms. The summed E-state index contributed by atoms with van der Waals surface area (Å²) in [6, 6.07) is 0. The summed E-state index contributed by atoms with van der Waals surface area (Å²) in [5.74, 6) is 1.17. The van der Waals surface area contributed by atoms with Crippen molar-refractivity contribution in [1.29, 1.82) is 0 Å². The van der Waals surface area contributed by atoms with Gasteiger partial charge < -0.3 is 15.2 Å². The van der Waals surface area contributed by atoms with E-state index in [0.717, 1.165) is 38.5 Å². The van der Waals surface area contributed by atoms with Gasteiger partial charge in [-0.3, -0.25) is 4.79 Å². The molecule has 0 saturated heterocycles. The zero-order valence-corrected chi connectivity index (χ0v) is 14.4. The van der Waals surface area contributed by atoms with Gasteiger partial charge in [-0.05, 0) is 50.4 Å². The van der Waals surface area contributed by atoms with Crippen LogP contribution in [0.2, 0.25) is 0 Å². The van der Waals surface area contributed by atoms with E-state index in [-0.39, 0.29) is 18.1 Å². The summed E-state index contributed by atoms with van der Waals surface area (Å²) >= 11 is 0. The molecule has 1 aliphatic rings. The first-order valence-corrected chi connectivity index (χ1v) is 8.67. The highest BCUT2D eigenvalue weighted by Gasteiger charge is 2.29. The van der Waals surface area contributed by atoms with Crippen LogP contribution in [0.5, 0.6) is 0 Å². The Balaban J connectivity index is 2.08. The van der Waals surface area contributed by atoms with Crippen LogP contribution in [-0.4, -0.2) is 36.9 Å². The van der Waals surface area contributed by atoms with Gasteiger partial charge in [0.2, 0.25) is 5.91 Å². The molecule has 0 aromatic rings. The molecule has 128 valence electrons. The van der Waals surface area contributed by atoms with Gasteiger partial charge in [0, 0.05) is 20.1 Å². The fourth-order valence-electron chi connectivity index (χ4n) is 2.90. The van der Waals surface area contributed by atoms with E-state index in [1.54, 1.807) is 7.11 Å². The smallest absolute Gasteiger partial charge is 0.220 e. The summed E-state index contributed by atoms with van der Waals surface area (Å²) in [5.41, 5.74) is 0. The van der Waals surface area contributed by atoms with Crippen LogP contribution in [0.1, 0.15) is 58.8 Å². The Labute approximate surface area is 135 Å². The van der Waals surface area contributed by atoms with Crippen molar-refractivity contribution in [1.82, 2.24) is 5.32 Å². The monoisotopic (exact) mass is 311 g/mol. The zero-order chi connectivity index (χ0) is 16.4. The second kappa shape index (κ2) is 10.8. The van der Waals surface area contributed by atoms with E-state index in [2.05, 4.69) is 31.3 Å². The molecule has 0 radical (unpaired) electrons. The average molecular weight is 311 g/mol. The molecule has 1 amide bonds. The van der Waals surface area contributed by atoms with Crippen molar-refractivity contribution in [3.05, 3.63) is 12.2 Å². The van der Waals surface area contributed by atoms with Crippen molar-refractivity contribution in [2.45, 2.75) is 71.0 Å². The van der Waals surface area contributed by atoms with Gasteiger partial charge in [-0.2, -0.15) is 0 Å². The minimum atomic E-state index is -0.351. The lowest BCUT2D eigenvalue weighted by atomic mass is 9.85. The lowest BCUT2D eigenvalue weighted by molar-refractivity contribution is -0.121. The number of carbonyl (C=O) groups excluding carboxylic acids is 1. The Morgan fingerprint density at radius 1 is 1.36 bits per heavy atom. The number of aliphatic hydroxyl groups is 1. The van der Waals surface area contributed by atoms with E-state index < -0.39 is 0 Å². The van der Waals surface area contributed by atoms with Gasteiger partial charge in [-0.15, -0.1) is 0 Å². The van der Waals surface area contributed by atoms with Crippen molar-refractivity contribution < 1.29 is 14.6 Å². The highest BCUT2D eigenvalue weighted by Crippen LogP contribution is 2.25. The molecule has 4 heteroatoms. The van der Waals surface area contributed by atoms with Gasteiger partial charge in [0.1, 0.15) is 0 Å². The average Bonchev–Trinajstić information content (AvgIpc) is 2.49. The molecule has 0 spiro atoms. The molecule has 0 aromatic carbocycles. The Kier molecular flexibility index (Phi) is 9.41. The van der Waals surface area contributed by atoms with E-state index in [1.165, 1.54) is 0 Å². The highest BCUT2D eigenvalue weighted by atomic mass is 16.5. The third-order valence-corrected chi connectivity index (χ3v) is 4.30. The molecule has 4 nitrogen and oxygen atoms in total. The number of ether oxygens (including phenoxy) is 1. The fourth-order valence-corrected chi connectivity index (χ4v) is 2.90. The Hall–Kier alpha value is -0.870. The number of aliphatic hydroxyl groups excluding tert-OH is 1. The van der Waals surface area contributed by atoms with Gasteiger partial charge in [-0.25, -0.2) is 0 Å². The van der Waals surface area contributed by atoms with Crippen LogP contribution in [0.3, 0.4) is 0 Å². The largest absolute Gasteiger partial charge is 0.390 e. The van der Waals surface area contributed by atoms with Crippen molar-refractivity contribution in [3.8, 4) is 0 Å². The molecule has 1 aliphatic carbocycles. The van der Waals surface area contributed by atoms with Gasteiger partial charge >= 0.3 is 0 Å². The summed E-state index contributed by atoms with van der Waals surface area (Å²) in [7, 11) is 1.64. The molecule has 2 unspecified atom stereocenters. The number of rotatable bonds is 9. The molecule has 1 fully saturated rings. The summed E-state index contributed by atoms with van der Waals surface area (Å²) in [5, 5.41) is 12.8. The van der Waals surface area contributed by atoms with Gasteiger partial charge in [0.05, 0.1) is 12.2 Å². The summed E-state index contributed by atoms with van der Waals surface area (Å²) in [6.45, 7) is 5.04. The van der Waals surface area contributed by atoms with Gasteiger partial charge in [0.25, 0.3) is 0 Å². The number of allylic oxidation sites excluding steroid dienone is 2. The van der Waals surface area contributed by atoms with Crippen molar-refractivity contribution in [3.63, 3.8) is 0 Å². The lowest BCUT2D eigenvalue weighted by Gasteiger charge is -2.32. The number of methoxy groups -OCH3 is 1. The Morgan fingerprint density at radius 2 is 2.14 bits per heavy atom. The molecule has 3 atom stereocenters. The number of nitrogens with one attached hydrogen (secondary N) is 1. The number of carbonyl (C=O) groups is 1. The van der Waals surface area contributed by atoms with Crippen LogP contribution in [0.4, 0.5) is 0 Å². The number of unbranched alkanes of at least 4 members (excludes halogenated alkanes) is 2. The molecule has 1 rings (SSSR count). The maximum absolute atomic E-state index is 11.8. The van der Waals surface area contributed by atoms with Crippen LogP contribution in [-0.2, 0) is 9.53 Å². The first kappa shape index (κ1) is 19.2. The predicted molar refractivity (Wildman–Crippen MR) is 89.6 cm³/mol. The first-order valence-electron chi connectivity index (χ1n) is 8.67. The van der Waals surface area contributed by atoms with Crippen molar-refractivity contribution >= 4 is 5.91 Å². The molecule has 2 N–H and O–H groups in total. The minimum Gasteiger partial charge on any atom is -0.390 e. The van der Waals surface area contributed by atoms with Crippen molar-refractivity contribution in [2.24, 2.45) is 11.8 Å². The fraction of sp³-hybridized carbons (Fsp3) is 0.833.